The molecule has 6 atom stereocenters. The first-order valence-electron chi connectivity index (χ1n) is 9.77. The summed E-state index contributed by atoms with van der Waals surface area (Å²) in [5.41, 5.74) is -0.114. The summed E-state index contributed by atoms with van der Waals surface area (Å²) < 4.78 is 16.7. The van der Waals surface area contributed by atoms with Crippen molar-refractivity contribution in [3.8, 4) is 28.7 Å². The van der Waals surface area contributed by atoms with Crippen LogP contribution in [0.5, 0.6) is 28.7 Å². The van der Waals surface area contributed by atoms with Crippen LogP contribution in [0.3, 0.4) is 0 Å². The van der Waals surface area contributed by atoms with E-state index in [-0.39, 0.29) is 28.4 Å². The summed E-state index contributed by atoms with van der Waals surface area (Å²) in [4.78, 5) is 0. The van der Waals surface area contributed by atoms with Gasteiger partial charge in [0.1, 0.15) is 47.8 Å². The zero-order valence-corrected chi connectivity index (χ0v) is 16.8. The van der Waals surface area contributed by atoms with Crippen molar-refractivity contribution in [2.75, 3.05) is 6.61 Å². The van der Waals surface area contributed by atoms with E-state index in [0.29, 0.717) is 0 Å². The zero-order valence-electron chi connectivity index (χ0n) is 16.8. The van der Waals surface area contributed by atoms with Crippen molar-refractivity contribution in [3.63, 3.8) is 0 Å². The van der Waals surface area contributed by atoms with Gasteiger partial charge in [0, 0.05) is 17.7 Å². The lowest BCUT2D eigenvalue weighted by Gasteiger charge is -2.41. The molecule has 0 radical (unpaired) electrons. The summed E-state index contributed by atoms with van der Waals surface area (Å²) in [5, 5.41) is 90.3. The van der Waals surface area contributed by atoms with Crippen molar-refractivity contribution in [3.05, 3.63) is 47.2 Å². The number of phenols is 4. The van der Waals surface area contributed by atoms with E-state index in [1.165, 1.54) is 6.07 Å². The van der Waals surface area contributed by atoms with Gasteiger partial charge in [0.15, 0.2) is 23.0 Å². The van der Waals surface area contributed by atoms with Crippen molar-refractivity contribution in [1.29, 1.82) is 0 Å². The lowest BCUT2D eigenvalue weighted by atomic mass is 9.97. The summed E-state index contributed by atoms with van der Waals surface area (Å²) in [5.74, 6) is -2.71. The number of hydrogen-bond donors (Lipinski definition) is 9. The van der Waals surface area contributed by atoms with Crippen LogP contribution < -0.4 is 4.74 Å². The van der Waals surface area contributed by atoms with Gasteiger partial charge in [-0.15, -0.1) is 0 Å². The van der Waals surface area contributed by atoms with Crippen LogP contribution in [0.25, 0.3) is 5.76 Å². The van der Waals surface area contributed by atoms with Crippen molar-refractivity contribution in [1.82, 2.24) is 0 Å². The maximum Gasteiger partial charge on any atom is 0.229 e. The van der Waals surface area contributed by atoms with Crippen LogP contribution in [0, 0.1) is 0 Å². The lowest BCUT2D eigenvalue weighted by molar-refractivity contribution is -0.294. The molecule has 2 aliphatic rings. The Morgan fingerprint density at radius 3 is 2.21 bits per heavy atom. The molecule has 1 saturated heterocycles. The second kappa shape index (κ2) is 8.59. The molecule has 0 unspecified atom stereocenters. The van der Waals surface area contributed by atoms with Gasteiger partial charge in [0.2, 0.25) is 6.29 Å². The molecule has 4 rings (SSSR count). The van der Waals surface area contributed by atoms with Gasteiger partial charge in [0.05, 0.1) is 12.2 Å². The molecule has 0 spiro atoms. The van der Waals surface area contributed by atoms with Crippen molar-refractivity contribution in [2.45, 2.75) is 36.8 Å². The van der Waals surface area contributed by atoms with Crippen LogP contribution in [0.1, 0.15) is 17.2 Å². The molecule has 12 nitrogen and oxygen atoms in total. The Kier molecular flexibility index (Phi) is 5.97. The maximum absolute atomic E-state index is 11.0. The van der Waals surface area contributed by atoms with E-state index in [2.05, 4.69) is 0 Å². The van der Waals surface area contributed by atoms with Crippen molar-refractivity contribution in [2.24, 2.45) is 0 Å². The van der Waals surface area contributed by atoms with Gasteiger partial charge < -0.3 is 60.2 Å². The van der Waals surface area contributed by atoms with E-state index in [0.717, 1.165) is 24.3 Å². The predicted octanol–water partition coefficient (Wildman–Crippen LogP) is -0.880. The molecule has 0 saturated carbocycles. The minimum Gasteiger partial charge on any atom is -0.508 e. The topological polar surface area (TPSA) is 210 Å². The molecule has 2 aliphatic heterocycles. The Balaban J connectivity index is 1.81. The van der Waals surface area contributed by atoms with Crippen molar-refractivity contribution < 1.29 is 60.2 Å². The van der Waals surface area contributed by atoms with E-state index in [9.17, 15) is 46.0 Å². The molecule has 0 bridgehead atoms. The number of fused-ring (bicyclic) bond motifs is 1. The fourth-order valence-electron chi connectivity index (χ4n) is 3.65. The molecule has 178 valence electrons. The van der Waals surface area contributed by atoms with Gasteiger partial charge in [-0.3, -0.25) is 0 Å². The highest BCUT2D eigenvalue weighted by Crippen LogP contribution is 2.48. The second-order valence-electron chi connectivity index (χ2n) is 7.59. The Bertz CT molecular complexity index is 1080. The summed E-state index contributed by atoms with van der Waals surface area (Å²) >= 11 is 0. The standard InChI is InChI=1S/C21H22O12/c22-6-13-15(27)17(29)18(30)21(32-13)33-20-16(28)14-11(26)4-8(23)5-12(14)31-19(20)7-1-2-9(24)10(25)3-7/h1-5,13,15-18,21-30H,6H2/t13-,15+,16-,17+,18-,21+/m1/s1. The third kappa shape index (κ3) is 3.99. The summed E-state index contributed by atoms with van der Waals surface area (Å²) in [7, 11) is 0. The molecule has 0 aliphatic carbocycles. The van der Waals surface area contributed by atoms with E-state index < -0.39 is 66.4 Å². The van der Waals surface area contributed by atoms with Gasteiger partial charge in [-0.05, 0) is 18.2 Å². The number of ether oxygens (including phenoxy) is 3. The number of hydrogen-bond acceptors (Lipinski definition) is 12. The lowest BCUT2D eigenvalue weighted by Crippen LogP contribution is -2.59. The van der Waals surface area contributed by atoms with Gasteiger partial charge >= 0.3 is 0 Å². The molecule has 2 aromatic carbocycles. The van der Waals surface area contributed by atoms with E-state index in [4.69, 9.17) is 14.2 Å². The van der Waals surface area contributed by atoms with Crippen molar-refractivity contribution >= 4 is 5.76 Å². The van der Waals surface area contributed by atoms with Crippen LogP contribution in [0.4, 0.5) is 0 Å². The van der Waals surface area contributed by atoms with E-state index in [1.807, 2.05) is 0 Å². The highest BCUT2D eigenvalue weighted by atomic mass is 16.7. The first kappa shape index (κ1) is 22.9. The number of benzene rings is 2. The first-order valence-corrected chi connectivity index (χ1v) is 9.77. The second-order valence-corrected chi connectivity index (χ2v) is 7.59. The third-order valence-corrected chi connectivity index (χ3v) is 5.39. The van der Waals surface area contributed by atoms with Crippen LogP contribution in [-0.4, -0.2) is 83.3 Å². The summed E-state index contributed by atoms with van der Waals surface area (Å²) in [6.07, 6.45) is -9.96. The van der Waals surface area contributed by atoms with Crippen LogP contribution >= 0.6 is 0 Å². The quantitative estimate of drug-likeness (QED) is 0.252. The highest BCUT2D eigenvalue weighted by molar-refractivity contribution is 5.72. The molecule has 2 aromatic rings. The minimum atomic E-state index is -1.81. The van der Waals surface area contributed by atoms with Crippen LogP contribution in [0.2, 0.25) is 0 Å². The minimum absolute atomic E-state index is 0.0809. The van der Waals surface area contributed by atoms with Crippen LogP contribution in [0.15, 0.2) is 36.1 Å². The molecule has 12 heteroatoms. The van der Waals surface area contributed by atoms with E-state index in [1.54, 1.807) is 0 Å². The Morgan fingerprint density at radius 2 is 1.55 bits per heavy atom. The average Bonchev–Trinajstić information content (AvgIpc) is 2.76. The van der Waals surface area contributed by atoms with Crippen LogP contribution in [-0.2, 0) is 9.47 Å². The summed E-state index contributed by atoms with van der Waals surface area (Å²) in [6.45, 7) is -0.718. The number of aliphatic hydroxyl groups excluding tert-OH is 5. The van der Waals surface area contributed by atoms with Gasteiger partial charge in [0.25, 0.3) is 0 Å². The van der Waals surface area contributed by atoms with Gasteiger partial charge in [-0.2, -0.15) is 0 Å². The fraction of sp³-hybridized carbons (Fsp3) is 0.333. The maximum atomic E-state index is 11.0. The Hall–Kier alpha value is -3.26. The normalized spacial score (nSPS) is 29.4. The zero-order chi connectivity index (χ0) is 24.0. The molecule has 33 heavy (non-hydrogen) atoms. The summed E-state index contributed by atoms with van der Waals surface area (Å²) in [6, 6.07) is 5.59. The smallest absolute Gasteiger partial charge is 0.229 e. The number of aliphatic hydroxyl groups is 5. The van der Waals surface area contributed by atoms with Gasteiger partial charge in [-0.1, -0.05) is 0 Å². The Morgan fingerprint density at radius 1 is 0.818 bits per heavy atom. The largest absolute Gasteiger partial charge is 0.508 e. The monoisotopic (exact) mass is 466 g/mol. The first-order chi connectivity index (χ1) is 15.6. The molecule has 0 aromatic heterocycles. The van der Waals surface area contributed by atoms with Gasteiger partial charge in [-0.25, -0.2) is 0 Å². The molecule has 2 heterocycles. The molecule has 1 fully saturated rings. The average molecular weight is 466 g/mol. The number of rotatable bonds is 4. The molecular weight excluding hydrogens is 444 g/mol. The molecule has 0 amide bonds. The predicted molar refractivity (Wildman–Crippen MR) is 107 cm³/mol. The Labute approximate surface area is 186 Å². The number of aromatic hydroxyl groups is 4. The molecular formula is C21H22O12. The number of phenolic OH excluding ortho intramolecular Hbond substituents is 4. The third-order valence-electron chi connectivity index (χ3n) is 5.39. The highest BCUT2D eigenvalue weighted by Gasteiger charge is 2.46. The fourth-order valence-corrected chi connectivity index (χ4v) is 3.65. The SMILES string of the molecule is OC[C@H]1O[C@@H](OC2=C(c3ccc(O)c(O)c3)Oc3cc(O)cc(O)c3[C@H]2O)[C@H](O)[C@@H](O)[C@H]1O. The molecule has 9 N–H and O–H groups in total. The van der Waals surface area contributed by atoms with E-state index >= 15 is 0 Å².